The smallest absolute Gasteiger partial charge is 0.335 e. The summed E-state index contributed by atoms with van der Waals surface area (Å²) < 4.78 is 26.1. The molecule has 162 valence electrons. The first kappa shape index (κ1) is 23.1. The molecule has 0 unspecified atom stereocenters. The summed E-state index contributed by atoms with van der Waals surface area (Å²) in [5.41, 5.74) is 2.43. The summed E-state index contributed by atoms with van der Waals surface area (Å²) in [6, 6.07) is 11.3. The molecule has 0 bridgehead atoms. The summed E-state index contributed by atoms with van der Waals surface area (Å²) in [6.45, 7) is 1.05. The Hall–Kier alpha value is -3.19. The number of rotatable bonds is 11. The predicted octanol–water partition coefficient (Wildman–Crippen LogP) is 3.11. The van der Waals surface area contributed by atoms with E-state index in [0.29, 0.717) is 41.7 Å². The largest absolute Gasteiger partial charge is 0.493 e. The van der Waals surface area contributed by atoms with Crippen LogP contribution in [0.1, 0.15) is 11.1 Å². The van der Waals surface area contributed by atoms with Crippen LogP contribution in [-0.4, -0.2) is 54.6 Å². The van der Waals surface area contributed by atoms with Crippen molar-refractivity contribution in [2.45, 2.75) is 6.42 Å². The number of ether oxygens (including phenoxy) is 5. The van der Waals surface area contributed by atoms with Crippen molar-refractivity contribution in [2.75, 3.05) is 48.6 Å². The third kappa shape index (κ3) is 6.15. The van der Waals surface area contributed by atoms with Gasteiger partial charge in [-0.2, -0.15) is 0 Å². The van der Waals surface area contributed by atoms with Crippen molar-refractivity contribution in [2.24, 2.45) is 0 Å². The van der Waals surface area contributed by atoms with Crippen LogP contribution in [0.4, 0.5) is 0 Å². The second kappa shape index (κ2) is 11.7. The molecule has 0 aliphatic rings. The summed E-state index contributed by atoms with van der Waals surface area (Å²) in [7, 11) is 7.74. The van der Waals surface area contributed by atoms with E-state index >= 15 is 0 Å². The zero-order valence-corrected chi connectivity index (χ0v) is 18.1. The van der Waals surface area contributed by atoms with E-state index in [1.165, 1.54) is 7.11 Å². The maximum atomic E-state index is 12.2. The number of methoxy groups -OCH3 is 5. The summed E-state index contributed by atoms with van der Waals surface area (Å²) in [5.74, 6) is 2.22. The molecular formula is C23H29NO6. The second-order valence-electron chi connectivity index (χ2n) is 6.39. The summed E-state index contributed by atoms with van der Waals surface area (Å²) in [5, 5.41) is 3.29. The molecule has 0 atom stereocenters. The highest BCUT2D eigenvalue weighted by Crippen LogP contribution is 2.29. The molecule has 0 fully saturated rings. The highest BCUT2D eigenvalue weighted by atomic mass is 16.5. The first-order valence-electron chi connectivity index (χ1n) is 9.48. The lowest BCUT2D eigenvalue weighted by Crippen LogP contribution is -2.24. The number of benzene rings is 2. The minimum absolute atomic E-state index is 0.369. The van der Waals surface area contributed by atoms with Gasteiger partial charge in [-0.25, -0.2) is 4.79 Å². The van der Waals surface area contributed by atoms with Crippen LogP contribution in [-0.2, 0) is 16.0 Å². The van der Waals surface area contributed by atoms with Gasteiger partial charge in [-0.05, 0) is 54.4 Å². The summed E-state index contributed by atoms with van der Waals surface area (Å²) in [4.78, 5) is 12.2. The lowest BCUT2D eigenvalue weighted by atomic mass is 10.1. The molecule has 7 heteroatoms. The van der Waals surface area contributed by atoms with Crippen LogP contribution in [0.15, 0.2) is 42.0 Å². The van der Waals surface area contributed by atoms with Gasteiger partial charge in [-0.15, -0.1) is 0 Å². The Morgan fingerprint density at radius 1 is 0.833 bits per heavy atom. The Morgan fingerprint density at radius 2 is 1.43 bits per heavy atom. The average Bonchev–Trinajstić information content (AvgIpc) is 2.79. The van der Waals surface area contributed by atoms with Crippen molar-refractivity contribution in [3.8, 4) is 23.0 Å². The quantitative estimate of drug-likeness (QED) is 0.343. The van der Waals surface area contributed by atoms with E-state index in [2.05, 4.69) is 5.32 Å². The first-order chi connectivity index (χ1) is 14.6. The molecule has 7 nitrogen and oxygen atoms in total. The van der Waals surface area contributed by atoms with E-state index in [0.717, 1.165) is 17.5 Å². The molecule has 1 N–H and O–H groups in total. The highest BCUT2D eigenvalue weighted by molar-refractivity contribution is 5.94. The van der Waals surface area contributed by atoms with E-state index < -0.39 is 0 Å². The van der Waals surface area contributed by atoms with Gasteiger partial charge in [-0.3, -0.25) is 0 Å². The fourth-order valence-corrected chi connectivity index (χ4v) is 2.95. The molecule has 0 heterocycles. The van der Waals surface area contributed by atoms with Gasteiger partial charge in [0.05, 0.1) is 41.1 Å². The van der Waals surface area contributed by atoms with Gasteiger partial charge in [0.15, 0.2) is 23.0 Å². The molecule has 0 spiro atoms. The zero-order valence-electron chi connectivity index (χ0n) is 18.1. The van der Waals surface area contributed by atoms with Crippen molar-refractivity contribution < 1.29 is 28.5 Å². The predicted molar refractivity (Wildman–Crippen MR) is 116 cm³/mol. The summed E-state index contributed by atoms with van der Waals surface area (Å²) in [6.07, 6.45) is 2.54. The number of carbonyl (C=O) groups excluding carboxylic acids is 1. The Morgan fingerprint density at radius 3 is 2.03 bits per heavy atom. The Kier molecular flexibility index (Phi) is 9.03. The van der Waals surface area contributed by atoms with Crippen LogP contribution >= 0.6 is 0 Å². The monoisotopic (exact) mass is 415 g/mol. The highest BCUT2D eigenvalue weighted by Gasteiger charge is 2.11. The molecule has 0 amide bonds. The molecule has 0 aromatic heterocycles. The average molecular weight is 415 g/mol. The minimum Gasteiger partial charge on any atom is -0.493 e. The number of esters is 1. The minimum atomic E-state index is -0.386. The van der Waals surface area contributed by atoms with Crippen molar-refractivity contribution >= 4 is 12.0 Å². The van der Waals surface area contributed by atoms with Crippen LogP contribution < -0.4 is 24.3 Å². The van der Waals surface area contributed by atoms with Crippen LogP contribution in [0.2, 0.25) is 0 Å². The molecule has 0 aliphatic heterocycles. The van der Waals surface area contributed by atoms with Gasteiger partial charge < -0.3 is 29.0 Å². The second-order valence-corrected chi connectivity index (χ2v) is 6.39. The third-order valence-electron chi connectivity index (χ3n) is 4.55. The van der Waals surface area contributed by atoms with Crippen molar-refractivity contribution in [1.29, 1.82) is 0 Å². The summed E-state index contributed by atoms with van der Waals surface area (Å²) >= 11 is 0. The van der Waals surface area contributed by atoms with E-state index in [-0.39, 0.29) is 5.97 Å². The first-order valence-corrected chi connectivity index (χ1v) is 9.48. The fourth-order valence-electron chi connectivity index (χ4n) is 2.95. The molecule has 0 saturated heterocycles. The molecule has 30 heavy (non-hydrogen) atoms. The number of carbonyl (C=O) groups is 1. The standard InChI is InChI=1S/C23H29NO6/c1-26-19-8-6-16(13-21(19)28-3)10-11-24-15-18(23(25)30-5)12-17-7-9-20(27-2)22(14-17)29-4/h6-9,12-14,24H,10-11,15H2,1-5H3/b18-12-. The Labute approximate surface area is 177 Å². The lowest BCUT2D eigenvalue weighted by molar-refractivity contribution is -0.136. The maximum Gasteiger partial charge on any atom is 0.335 e. The van der Waals surface area contributed by atoms with Crippen molar-refractivity contribution in [3.63, 3.8) is 0 Å². The maximum absolute atomic E-state index is 12.2. The molecule has 2 aromatic rings. The molecule has 0 radical (unpaired) electrons. The van der Waals surface area contributed by atoms with Crippen molar-refractivity contribution in [1.82, 2.24) is 5.32 Å². The Bertz CT molecular complexity index is 878. The van der Waals surface area contributed by atoms with Crippen LogP contribution in [0.5, 0.6) is 23.0 Å². The van der Waals surface area contributed by atoms with Gasteiger partial charge in [-0.1, -0.05) is 12.1 Å². The molecular weight excluding hydrogens is 386 g/mol. The van der Waals surface area contributed by atoms with Crippen molar-refractivity contribution in [3.05, 3.63) is 53.1 Å². The fraction of sp³-hybridized carbons (Fsp3) is 0.348. The van der Waals surface area contributed by atoms with Crippen LogP contribution in [0.25, 0.3) is 6.08 Å². The molecule has 0 saturated carbocycles. The molecule has 2 rings (SSSR count). The Balaban J connectivity index is 2.04. The van der Waals surface area contributed by atoms with E-state index in [9.17, 15) is 4.79 Å². The van der Waals surface area contributed by atoms with E-state index in [4.69, 9.17) is 23.7 Å². The van der Waals surface area contributed by atoms with Gasteiger partial charge in [0, 0.05) is 6.54 Å². The number of hydrogen-bond donors (Lipinski definition) is 1. The number of nitrogens with one attached hydrogen (secondary N) is 1. The normalized spacial score (nSPS) is 11.0. The topological polar surface area (TPSA) is 75.3 Å². The van der Waals surface area contributed by atoms with E-state index in [1.807, 2.05) is 30.3 Å². The van der Waals surface area contributed by atoms with Gasteiger partial charge in [0.1, 0.15) is 0 Å². The van der Waals surface area contributed by atoms with Crippen LogP contribution in [0.3, 0.4) is 0 Å². The van der Waals surface area contributed by atoms with Crippen LogP contribution in [0, 0.1) is 0 Å². The SMILES string of the molecule is COC(=O)/C(=C\c1ccc(OC)c(OC)c1)CNCCc1ccc(OC)c(OC)c1. The third-order valence-corrected chi connectivity index (χ3v) is 4.55. The van der Waals surface area contributed by atoms with Gasteiger partial charge >= 0.3 is 5.97 Å². The lowest BCUT2D eigenvalue weighted by Gasteiger charge is -2.11. The van der Waals surface area contributed by atoms with Gasteiger partial charge in [0.2, 0.25) is 0 Å². The van der Waals surface area contributed by atoms with Gasteiger partial charge in [0.25, 0.3) is 0 Å². The molecule has 0 aliphatic carbocycles. The number of hydrogen-bond acceptors (Lipinski definition) is 7. The molecule has 2 aromatic carbocycles. The zero-order chi connectivity index (χ0) is 21.9. The van der Waals surface area contributed by atoms with E-state index in [1.54, 1.807) is 40.6 Å².